The van der Waals surface area contributed by atoms with E-state index in [-0.39, 0.29) is 0 Å². The van der Waals surface area contributed by atoms with E-state index >= 15 is 0 Å². The summed E-state index contributed by atoms with van der Waals surface area (Å²) in [5.41, 5.74) is 1.33. The summed E-state index contributed by atoms with van der Waals surface area (Å²) in [4.78, 5) is 0. The van der Waals surface area contributed by atoms with Crippen LogP contribution in [0.5, 0.6) is 0 Å². The highest BCUT2D eigenvalue weighted by Gasteiger charge is 2.10. The third kappa shape index (κ3) is 0.984. The van der Waals surface area contributed by atoms with Gasteiger partial charge in [0.25, 0.3) is 0 Å². The Balaban J connectivity index is 2.52. The lowest BCUT2D eigenvalue weighted by Crippen LogP contribution is -2.10. The number of halogens is 1. The van der Waals surface area contributed by atoms with Crippen molar-refractivity contribution in [2.45, 2.75) is 6.61 Å². The molecule has 0 bridgehead atoms. The topological polar surface area (TPSA) is 9.23 Å². The highest BCUT2D eigenvalue weighted by molar-refractivity contribution is 6.49. The van der Waals surface area contributed by atoms with Crippen LogP contribution in [0.25, 0.3) is 0 Å². The first-order valence-corrected chi connectivity index (χ1v) is 4.87. The van der Waals surface area contributed by atoms with Crippen molar-refractivity contribution >= 4 is 26.6 Å². The summed E-state index contributed by atoms with van der Waals surface area (Å²) in [7, 11) is -0.414. The Morgan fingerprint density at radius 2 is 2.40 bits per heavy atom. The van der Waals surface area contributed by atoms with Crippen LogP contribution in [-0.4, -0.2) is 9.76 Å². The van der Waals surface area contributed by atoms with Crippen LogP contribution in [0.2, 0.25) is 5.02 Å². The molecule has 1 aromatic rings. The van der Waals surface area contributed by atoms with E-state index in [0.717, 1.165) is 11.6 Å². The van der Waals surface area contributed by atoms with Crippen molar-refractivity contribution in [3.8, 4) is 0 Å². The predicted molar refractivity (Wildman–Crippen MR) is 44.4 cm³/mol. The standard InChI is InChI=1S/C7H7ClOSi/c8-6-2-1-5-4-9-10-7(5)3-6/h1-3H,4,10H2. The zero-order valence-electron chi connectivity index (χ0n) is 5.43. The maximum absolute atomic E-state index is 5.79. The van der Waals surface area contributed by atoms with E-state index in [4.69, 9.17) is 16.0 Å². The fraction of sp³-hybridized carbons (Fsp3) is 0.143. The van der Waals surface area contributed by atoms with Gasteiger partial charge in [0.05, 0.1) is 6.61 Å². The summed E-state index contributed by atoms with van der Waals surface area (Å²) in [5.74, 6) is 0. The fourth-order valence-corrected chi connectivity index (χ4v) is 2.72. The molecule has 0 spiro atoms. The minimum atomic E-state index is -0.414. The monoisotopic (exact) mass is 170 g/mol. The van der Waals surface area contributed by atoms with Crippen LogP contribution in [0, 0.1) is 0 Å². The molecule has 0 aromatic heterocycles. The van der Waals surface area contributed by atoms with Gasteiger partial charge >= 0.3 is 0 Å². The second kappa shape index (κ2) is 2.38. The number of hydrogen-bond donors (Lipinski definition) is 0. The first-order chi connectivity index (χ1) is 4.86. The molecule has 1 heterocycles. The van der Waals surface area contributed by atoms with Crippen LogP contribution in [0.4, 0.5) is 0 Å². The Labute approximate surface area is 66.9 Å². The molecule has 1 aromatic carbocycles. The van der Waals surface area contributed by atoms with Crippen molar-refractivity contribution in [1.29, 1.82) is 0 Å². The van der Waals surface area contributed by atoms with Crippen LogP contribution < -0.4 is 5.19 Å². The Kier molecular flexibility index (Phi) is 1.52. The molecular weight excluding hydrogens is 164 g/mol. The Hall–Kier alpha value is -0.313. The number of fused-ring (bicyclic) bond motifs is 1. The quantitative estimate of drug-likeness (QED) is 0.518. The van der Waals surface area contributed by atoms with E-state index in [1.807, 2.05) is 12.1 Å². The summed E-state index contributed by atoms with van der Waals surface area (Å²) in [5, 5.41) is 2.20. The van der Waals surface area contributed by atoms with Gasteiger partial charge in [-0.2, -0.15) is 0 Å². The first-order valence-electron chi connectivity index (χ1n) is 3.21. The van der Waals surface area contributed by atoms with Crippen molar-refractivity contribution in [1.82, 2.24) is 0 Å². The van der Waals surface area contributed by atoms with Crippen molar-refractivity contribution < 1.29 is 4.43 Å². The van der Waals surface area contributed by atoms with Gasteiger partial charge in [-0.15, -0.1) is 0 Å². The molecule has 0 unspecified atom stereocenters. The summed E-state index contributed by atoms with van der Waals surface area (Å²) >= 11 is 5.79. The molecule has 3 heteroatoms. The van der Waals surface area contributed by atoms with E-state index in [2.05, 4.69) is 6.07 Å². The van der Waals surface area contributed by atoms with Gasteiger partial charge < -0.3 is 4.43 Å². The summed E-state index contributed by atoms with van der Waals surface area (Å²) in [6.45, 7) is 0.804. The predicted octanol–water partition coefficient (Wildman–Crippen LogP) is 0.579. The maximum Gasteiger partial charge on any atom is 0.193 e. The minimum absolute atomic E-state index is 0.414. The third-order valence-electron chi connectivity index (χ3n) is 1.68. The molecule has 0 atom stereocenters. The molecule has 1 aliphatic heterocycles. The largest absolute Gasteiger partial charge is 0.414 e. The highest BCUT2D eigenvalue weighted by Crippen LogP contribution is 2.11. The molecule has 1 aliphatic rings. The number of benzene rings is 1. The van der Waals surface area contributed by atoms with E-state index in [0.29, 0.717) is 0 Å². The van der Waals surface area contributed by atoms with Crippen molar-refractivity contribution in [2.75, 3.05) is 0 Å². The number of rotatable bonds is 0. The fourth-order valence-electron chi connectivity index (χ4n) is 1.14. The molecule has 0 amide bonds. The maximum atomic E-state index is 5.79. The molecule has 52 valence electrons. The van der Waals surface area contributed by atoms with Crippen molar-refractivity contribution in [3.05, 3.63) is 28.8 Å². The molecule has 0 radical (unpaired) electrons. The van der Waals surface area contributed by atoms with Gasteiger partial charge in [0.2, 0.25) is 0 Å². The minimum Gasteiger partial charge on any atom is -0.414 e. The molecule has 0 saturated heterocycles. The lowest BCUT2D eigenvalue weighted by molar-refractivity contribution is 0.345. The van der Waals surface area contributed by atoms with Gasteiger partial charge in [-0.05, 0) is 22.9 Å². The lowest BCUT2D eigenvalue weighted by Gasteiger charge is -1.94. The molecule has 0 aliphatic carbocycles. The van der Waals surface area contributed by atoms with Gasteiger partial charge in [-0.3, -0.25) is 0 Å². The van der Waals surface area contributed by atoms with Crippen LogP contribution in [0.3, 0.4) is 0 Å². The van der Waals surface area contributed by atoms with Crippen LogP contribution in [0.1, 0.15) is 5.56 Å². The normalized spacial score (nSPS) is 17.7. The second-order valence-corrected chi connectivity index (χ2v) is 4.30. The zero-order chi connectivity index (χ0) is 6.97. The van der Waals surface area contributed by atoms with Crippen LogP contribution in [0.15, 0.2) is 18.2 Å². The average molecular weight is 171 g/mol. The Bertz CT molecular complexity index is 262. The summed E-state index contributed by atoms with van der Waals surface area (Å²) in [6.07, 6.45) is 0. The Morgan fingerprint density at radius 1 is 1.50 bits per heavy atom. The molecule has 1 nitrogen and oxygen atoms in total. The summed E-state index contributed by atoms with van der Waals surface area (Å²) < 4.78 is 5.35. The zero-order valence-corrected chi connectivity index (χ0v) is 7.60. The van der Waals surface area contributed by atoms with Crippen LogP contribution >= 0.6 is 11.6 Å². The third-order valence-corrected chi connectivity index (χ3v) is 3.30. The molecule has 10 heavy (non-hydrogen) atoms. The molecule has 0 saturated carbocycles. The van der Waals surface area contributed by atoms with E-state index < -0.39 is 9.76 Å². The SMILES string of the molecule is Clc1ccc2c(c1)[SiH2]OC2. The van der Waals surface area contributed by atoms with Gasteiger partial charge in [-0.1, -0.05) is 17.7 Å². The Morgan fingerprint density at radius 3 is 3.30 bits per heavy atom. The average Bonchev–Trinajstić information content (AvgIpc) is 2.33. The van der Waals surface area contributed by atoms with Crippen molar-refractivity contribution in [2.24, 2.45) is 0 Å². The first kappa shape index (κ1) is 6.40. The lowest BCUT2D eigenvalue weighted by atomic mass is 10.2. The van der Waals surface area contributed by atoms with Crippen molar-refractivity contribution in [3.63, 3.8) is 0 Å². The molecule has 0 fully saturated rings. The van der Waals surface area contributed by atoms with E-state index in [1.54, 1.807) is 0 Å². The van der Waals surface area contributed by atoms with Crippen LogP contribution in [-0.2, 0) is 11.0 Å². The second-order valence-electron chi connectivity index (χ2n) is 2.41. The van der Waals surface area contributed by atoms with Gasteiger partial charge in [0.1, 0.15) is 0 Å². The summed E-state index contributed by atoms with van der Waals surface area (Å²) in [6, 6.07) is 6.00. The highest BCUT2D eigenvalue weighted by atomic mass is 35.5. The molecular formula is C7H7ClOSi. The smallest absolute Gasteiger partial charge is 0.193 e. The molecule has 2 rings (SSSR count). The number of hydrogen-bond acceptors (Lipinski definition) is 1. The van der Waals surface area contributed by atoms with E-state index in [9.17, 15) is 0 Å². The molecule has 0 N–H and O–H groups in total. The van der Waals surface area contributed by atoms with E-state index in [1.165, 1.54) is 10.8 Å². The van der Waals surface area contributed by atoms with Gasteiger partial charge in [0, 0.05) is 5.02 Å². The van der Waals surface area contributed by atoms with Gasteiger partial charge in [0.15, 0.2) is 9.76 Å². The van der Waals surface area contributed by atoms with Gasteiger partial charge in [-0.25, -0.2) is 0 Å².